The number of rotatable bonds is 7. The fourth-order valence-electron chi connectivity index (χ4n) is 3.12. The highest BCUT2D eigenvalue weighted by Crippen LogP contribution is 2.33. The lowest BCUT2D eigenvalue weighted by molar-refractivity contribution is -0.120. The molecule has 2 N–H and O–H groups in total. The molecule has 2 aromatic heterocycles. The summed E-state index contributed by atoms with van der Waals surface area (Å²) in [7, 11) is -3.38. The summed E-state index contributed by atoms with van der Waals surface area (Å²) >= 11 is 1.19. The van der Waals surface area contributed by atoms with Crippen LogP contribution >= 0.6 is 11.3 Å². The number of aromatic nitrogens is 2. The lowest BCUT2D eigenvalue weighted by atomic mass is 9.89. The number of amides is 1. The van der Waals surface area contributed by atoms with Crippen molar-refractivity contribution in [3.63, 3.8) is 0 Å². The lowest BCUT2D eigenvalue weighted by Crippen LogP contribution is -2.35. The number of hydrogen-bond acceptors (Lipinski definition) is 6. The molecule has 3 aromatic rings. The molecular formula is C22H24N4O3S2. The molecule has 1 aromatic carbocycles. The minimum atomic E-state index is -3.38. The number of hydrogen-bond donors (Lipinski definition) is 2. The summed E-state index contributed by atoms with van der Waals surface area (Å²) in [5, 5.41) is 4.62. The van der Waals surface area contributed by atoms with Gasteiger partial charge in [0.1, 0.15) is 0 Å². The summed E-state index contributed by atoms with van der Waals surface area (Å²) < 4.78 is 26.8. The van der Waals surface area contributed by atoms with Crippen molar-refractivity contribution in [2.45, 2.75) is 44.3 Å². The third-order valence-electron chi connectivity index (χ3n) is 5.37. The molecule has 0 bridgehead atoms. The molecule has 0 saturated heterocycles. The van der Waals surface area contributed by atoms with Crippen LogP contribution in [0.1, 0.15) is 38.1 Å². The van der Waals surface area contributed by atoms with Crippen LogP contribution in [0.5, 0.6) is 0 Å². The van der Waals surface area contributed by atoms with Gasteiger partial charge in [-0.05, 0) is 57.4 Å². The molecule has 1 amide bonds. The summed E-state index contributed by atoms with van der Waals surface area (Å²) in [6.07, 6.45) is 3.12. The normalized spacial score (nSPS) is 14.3. The highest BCUT2D eigenvalue weighted by molar-refractivity contribution is 7.93. The molecule has 1 fully saturated rings. The Morgan fingerprint density at radius 1 is 1.16 bits per heavy atom. The van der Waals surface area contributed by atoms with Gasteiger partial charge in [0.05, 0.1) is 16.4 Å². The van der Waals surface area contributed by atoms with Crippen molar-refractivity contribution in [3.8, 4) is 11.1 Å². The van der Waals surface area contributed by atoms with Crippen LogP contribution in [-0.2, 0) is 20.2 Å². The Morgan fingerprint density at radius 3 is 2.52 bits per heavy atom. The van der Waals surface area contributed by atoms with Gasteiger partial charge in [0.25, 0.3) is 0 Å². The van der Waals surface area contributed by atoms with Crippen molar-refractivity contribution < 1.29 is 13.2 Å². The molecule has 0 unspecified atom stereocenters. The quantitative estimate of drug-likeness (QED) is 0.551. The minimum Gasteiger partial charge on any atom is -0.325 e. The van der Waals surface area contributed by atoms with Gasteiger partial charge in [0.2, 0.25) is 15.9 Å². The number of carbonyl (C=O) groups is 1. The fraction of sp³-hybridized carbons (Fsp3) is 0.318. The first kappa shape index (κ1) is 21.5. The third-order valence-corrected chi connectivity index (χ3v) is 8.08. The Morgan fingerprint density at radius 2 is 1.87 bits per heavy atom. The lowest BCUT2D eigenvalue weighted by Gasteiger charge is -2.21. The maximum Gasteiger partial charge on any atom is 0.237 e. The van der Waals surface area contributed by atoms with Gasteiger partial charge in [-0.2, -0.15) is 0 Å². The standard InChI is InChI=1S/C22H24N4O3S2/c1-14-18(5-4-12-23-14)15-6-8-16(9-7-15)24-20(27)22(2,3)19-13-30-21(25-19)26-31(28,29)17-10-11-17/h4-9,12-13,17H,10-11H2,1-3H3,(H,24,27)(H,25,26). The van der Waals surface area contributed by atoms with Crippen molar-refractivity contribution in [1.82, 2.24) is 9.97 Å². The molecule has 1 saturated carbocycles. The first-order valence-corrected chi connectivity index (χ1v) is 12.4. The van der Waals surface area contributed by atoms with E-state index in [1.54, 1.807) is 25.4 Å². The predicted octanol–water partition coefficient (Wildman–Crippen LogP) is 4.33. The van der Waals surface area contributed by atoms with Crippen LogP contribution in [0.15, 0.2) is 48.0 Å². The number of pyridine rings is 1. The Bertz CT molecular complexity index is 1210. The zero-order valence-electron chi connectivity index (χ0n) is 17.5. The van der Waals surface area contributed by atoms with Crippen LogP contribution in [0, 0.1) is 6.92 Å². The maximum atomic E-state index is 13.0. The van der Waals surface area contributed by atoms with Crippen molar-refractivity contribution in [2.75, 3.05) is 10.0 Å². The smallest absolute Gasteiger partial charge is 0.237 e. The third kappa shape index (κ3) is 4.62. The number of nitrogens with one attached hydrogen (secondary N) is 2. The van der Waals surface area contributed by atoms with E-state index in [0.29, 0.717) is 29.4 Å². The second kappa shape index (κ2) is 8.05. The van der Waals surface area contributed by atoms with E-state index in [-0.39, 0.29) is 11.2 Å². The maximum absolute atomic E-state index is 13.0. The zero-order valence-corrected chi connectivity index (χ0v) is 19.2. The molecule has 0 spiro atoms. The van der Waals surface area contributed by atoms with Crippen LogP contribution in [0.4, 0.5) is 10.8 Å². The highest BCUT2D eigenvalue weighted by Gasteiger charge is 2.37. The van der Waals surface area contributed by atoms with E-state index in [1.165, 1.54) is 11.3 Å². The summed E-state index contributed by atoms with van der Waals surface area (Å²) in [6.45, 7) is 5.49. The van der Waals surface area contributed by atoms with Crippen molar-refractivity contribution in [1.29, 1.82) is 0 Å². The summed E-state index contributed by atoms with van der Waals surface area (Å²) in [4.78, 5) is 21.6. The van der Waals surface area contributed by atoms with Crippen LogP contribution in [-0.4, -0.2) is 29.5 Å². The number of sulfonamides is 1. The molecule has 162 valence electrons. The molecule has 0 radical (unpaired) electrons. The zero-order chi connectivity index (χ0) is 22.2. The fourth-order valence-corrected chi connectivity index (χ4v) is 5.59. The second-order valence-electron chi connectivity index (χ2n) is 8.18. The number of nitrogens with zero attached hydrogens (tertiary/aromatic N) is 2. The van der Waals surface area contributed by atoms with Gasteiger partial charge in [0, 0.05) is 28.5 Å². The van der Waals surface area contributed by atoms with E-state index >= 15 is 0 Å². The molecular weight excluding hydrogens is 432 g/mol. The van der Waals surface area contributed by atoms with Gasteiger partial charge >= 0.3 is 0 Å². The number of aryl methyl sites for hydroxylation is 1. The van der Waals surface area contributed by atoms with E-state index in [2.05, 4.69) is 20.0 Å². The molecule has 7 nitrogen and oxygen atoms in total. The van der Waals surface area contributed by atoms with E-state index in [1.807, 2.05) is 43.3 Å². The Labute approximate surface area is 186 Å². The van der Waals surface area contributed by atoms with Crippen LogP contribution in [0.3, 0.4) is 0 Å². The van der Waals surface area contributed by atoms with E-state index < -0.39 is 15.4 Å². The Balaban J connectivity index is 1.46. The Hall–Kier alpha value is -2.78. The molecule has 9 heteroatoms. The number of thiazole rings is 1. The highest BCUT2D eigenvalue weighted by atomic mass is 32.2. The Kier molecular flexibility index (Phi) is 5.57. The molecule has 31 heavy (non-hydrogen) atoms. The van der Waals surface area contributed by atoms with Crippen LogP contribution in [0.25, 0.3) is 11.1 Å². The van der Waals surface area contributed by atoms with Crippen molar-refractivity contribution in [2.24, 2.45) is 0 Å². The monoisotopic (exact) mass is 456 g/mol. The molecule has 1 aliphatic carbocycles. The topological polar surface area (TPSA) is 101 Å². The van der Waals surface area contributed by atoms with Crippen molar-refractivity contribution >= 4 is 38.1 Å². The summed E-state index contributed by atoms with van der Waals surface area (Å²) in [6, 6.07) is 11.5. The van der Waals surface area contributed by atoms with E-state index in [9.17, 15) is 13.2 Å². The first-order chi connectivity index (χ1) is 14.7. The van der Waals surface area contributed by atoms with E-state index in [4.69, 9.17) is 0 Å². The molecule has 0 aliphatic heterocycles. The van der Waals surface area contributed by atoms with Gasteiger partial charge in [-0.15, -0.1) is 11.3 Å². The summed E-state index contributed by atoms with van der Waals surface area (Å²) in [5.74, 6) is -0.222. The van der Waals surface area contributed by atoms with Gasteiger partial charge in [-0.1, -0.05) is 18.2 Å². The van der Waals surface area contributed by atoms with Gasteiger partial charge < -0.3 is 5.32 Å². The second-order valence-corrected chi connectivity index (χ2v) is 11.0. The number of carbonyl (C=O) groups excluding carboxylic acids is 1. The van der Waals surface area contributed by atoms with Gasteiger partial charge in [0.15, 0.2) is 5.13 Å². The van der Waals surface area contributed by atoms with Gasteiger partial charge in [-0.25, -0.2) is 13.4 Å². The largest absolute Gasteiger partial charge is 0.325 e. The summed E-state index contributed by atoms with van der Waals surface area (Å²) in [5.41, 5.74) is 3.27. The molecule has 0 atom stereocenters. The van der Waals surface area contributed by atoms with Crippen molar-refractivity contribution in [3.05, 3.63) is 59.4 Å². The SMILES string of the molecule is Cc1ncccc1-c1ccc(NC(=O)C(C)(C)c2csc(NS(=O)(=O)C3CC3)n2)cc1. The molecule has 4 rings (SSSR count). The molecule has 2 heterocycles. The van der Waals surface area contributed by atoms with E-state index in [0.717, 1.165) is 16.8 Å². The number of benzene rings is 1. The first-order valence-electron chi connectivity index (χ1n) is 9.98. The average molecular weight is 457 g/mol. The van der Waals surface area contributed by atoms with Crippen LogP contribution < -0.4 is 10.0 Å². The van der Waals surface area contributed by atoms with Crippen LogP contribution in [0.2, 0.25) is 0 Å². The minimum absolute atomic E-state index is 0.222. The predicted molar refractivity (Wildman–Crippen MR) is 124 cm³/mol. The average Bonchev–Trinajstić information content (AvgIpc) is 3.50. The van der Waals surface area contributed by atoms with Gasteiger partial charge in [-0.3, -0.25) is 14.5 Å². The molecule has 1 aliphatic rings. The number of anilines is 2.